The molecule has 2 aliphatic rings. The highest BCUT2D eigenvalue weighted by atomic mass is 19.1. The molecule has 4 rings (SSSR count). The summed E-state index contributed by atoms with van der Waals surface area (Å²) in [6.07, 6.45) is 5.65. The SMILES string of the molecule is Fc1cccc(CC2CCN(Cc3nc(C4CC4)no3)CC2)c1. The van der Waals surface area contributed by atoms with Gasteiger partial charge in [-0.15, -0.1) is 0 Å². The van der Waals surface area contributed by atoms with Gasteiger partial charge in [0.2, 0.25) is 5.89 Å². The minimum absolute atomic E-state index is 0.136. The molecule has 0 spiro atoms. The van der Waals surface area contributed by atoms with E-state index in [1.807, 2.05) is 6.07 Å². The molecule has 0 unspecified atom stereocenters. The highest BCUT2D eigenvalue weighted by molar-refractivity contribution is 5.17. The van der Waals surface area contributed by atoms with Crippen LogP contribution in [0.25, 0.3) is 0 Å². The monoisotopic (exact) mass is 315 g/mol. The second-order valence-electron chi connectivity index (χ2n) is 6.87. The third-order valence-corrected chi connectivity index (χ3v) is 4.91. The zero-order valence-corrected chi connectivity index (χ0v) is 13.2. The van der Waals surface area contributed by atoms with Crippen molar-refractivity contribution in [3.63, 3.8) is 0 Å². The van der Waals surface area contributed by atoms with Crippen LogP contribution in [0.2, 0.25) is 0 Å². The van der Waals surface area contributed by atoms with E-state index in [2.05, 4.69) is 15.0 Å². The Morgan fingerprint density at radius 2 is 2.00 bits per heavy atom. The summed E-state index contributed by atoms with van der Waals surface area (Å²) in [6.45, 7) is 2.84. The molecular weight excluding hydrogens is 293 g/mol. The van der Waals surface area contributed by atoms with Gasteiger partial charge in [0, 0.05) is 5.92 Å². The molecule has 1 aromatic heterocycles. The summed E-state index contributed by atoms with van der Waals surface area (Å²) in [5.41, 5.74) is 1.11. The Balaban J connectivity index is 1.26. The van der Waals surface area contributed by atoms with Gasteiger partial charge in [-0.05, 0) is 68.8 Å². The molecule has 4 nitrogen and oxygen atoms in total. The van der Waals surface area contributed by atoms with Crippen molar-refractivity contribution < 1.29 is 8.91 Å². The molecular formula is C18H22FN3O. The molecule has 23 heavy (non-hydrogen) atoms. The number of hydrogen-bond donors (Lipinski definition) is 0. The van der Waals surface area contributed by atoms with Crippen LogP contribution in [0.5, 0.6) is 0 Å². The zero-order valence-electron chi connectivity index (χ0n) is 13.2. The first-order valence-electron chi connectivity index (χ1n) is 8.55. The van der Waals surface area contributed by atoms with Gasteiger partial charge in [-0.25, -0.2) is 4.39 Å². The molecule has 5 heteroatoms. The molecule has 0 radical (unpaired) electrons. The van der Waals surface area contributed by atoms with Gasteiger partial charge in [0.1, 0.15) is 5.82 Å². The van der Waals surface area contributed by atoms with Gasteiger partial charge in [-0.1, -0.05) is 17.3 Å². The van der Waals surface area contributed by atoms with E-state index in [1.54, 1.807) is 12.1 Å². The molecule has 1 aliphatic heterocycles. The van der Waals surface area contributed by atoms with E-state index < -0.39 is 0 Å². The maximum atomic E-state index is 13.3. The van der Waals surface area contributed by atoms with Crippen molar-refractivity contribution in [2.75, 3.05) is 13.1 Å². The molecule has 0 bridgehead atoms. The minimum atomic E-state index is -0.136. The van der Waals surface area contributed by atoms with E-state index in [0.717, 1.165) is 56.2 Å². The van der Waals surface area contributed by atoms with Crippen LogP contribution in [0.1, 0.15) is 48.9 Å². The van der Waals surface area contributed by atoms with Crippen LogP contribution < -0.4 is 0 Å². The van der Waals surface area contributed by atoms with Crippen molar-refractivity contribution in [3.8, 4) is 0 Å². The maximum Gasteiger partial charge on any atom is 0.240 e. The number of halogens is 1. The predicted octanol–water partition coefficient (Wildman–Crippen LogP) is 3.54. The lowest BCUT2D eigenvalue weighted by molar-refractivity contribution is 0.158. The summed E-state index contributed by atoms with van der Waals surface area (Å²) in [5, 5.41) is 4.07. The molecule has 1 aromatic carbocycles. The molecule has 1 aliphatic carbocycles. The third-order valence-electron chi connectivity index (χ3n) is 4.91. The fraction of sp³-hybridized carbons (Fsp3) is 0.556. The molecule has 2 fully saturated rings. The van der Waals surface area contributed by atoms with Crippen molar-refractivity contribution in [1.29, 1.82) is 0 Å². The van der Waals surface area contributed by atoms with Gasteiger partial charge >= 0.3 is 0 Å². The number of benzene rings is 1. The van der Waals surface area contributed by atoms with Crippen molar-refractivity contribution >= 4 is 0 Å². The molecule has 2 aromatic rings. The normalized spacial score (nSPS) is 20.0. The quantitative estimate of drug-likeness (QED) is 0.846. The summed E-state index contributed by atoms with van der Waals surface area (Å²) in [7, 11) is 0. The summed E-state index contributed by atoms with van der Waals surface area (Å²) in [6, 6.07) is 6.98. The fourth-order valence-corrected chi connectivity index (χ4v) is 3.38. The summed E-state index contributed by atoms with van der Waals surface area (Å²) >= 11 is 0. The molecule has 1 saturated heterocycles. The Morgan fingerprint density at radius 1 is 1.17 bits per heavy atom. The Kier molecular flexibility index (Phi) is 4.12. The fourth-order valence-electron chi connectivity index (χ4n) is 3.38. The van der Waals surface area contributed by atoms with Crippen LogP contribution in [-0.4, -0.2) is 28.1 Å². The molecule has 0 amide bonds. The molecule has 1 saturated carbocycles. The van der Waals surface area contributed by atoms with E-state index in [0.29, 0.717) is 11.8 Å². The molecule has 122 valence electrons. The Bertz CT molecular complexity index is 660. The van der Waals surface area contributed by atoms with Crippen LogP contribution in [0.3, 0.4) is 0 Å². The first-order chi connectivity index (χ1) is 11.3. The smallest absolute Gasteiger partial charge is 0.240 e. The topological polar surface area (TPSA) is 42.2 Å². The van der Waals surface area contributed by atoms with Crippen molar-refractivity contribution in [3.05, 3.63) is 47.4 Å². The highest BCUT2D eigenvalue weighted by Crippen LogP contribution is 2.38. The van der Waals surface area contributed by atoms with Gasteiger partial charge in [0.25, 0.3) is 0 Å². The van der Waals surface area contributed by atoms with Gasteiger partial charge in [-0.2, -0.15) is 4.98 Å². The van der Waals surface area contributed by atoms with E-state index in [4.69, 9.17) is 4.52 Å². The van der Waals surface area contributed by atoms with Crippen molar-refractivity contribution in [2.24, 2.45) is 5.92 Å². The van der Waals surface area contributed by atoms with Gasteiger partial charge in [0.05, 0.1) is 6.54 Å². The summed E-state index contributed by atoms with van der Waals surface area (Å²) in [4.78, 5) is 6.88. The lowest BCUT2D eigenvalue weighted by Crippen LogP contribution is -2.34. The average Bonchev–Trinajstić information content (AvgIpc) is 3.30. The zero-order chi connectivity index (χ0) is 15.6. The molecule has 0 atom stereocenters. The second kappa shape index (κ2) is 6.40. The lowest BCUT2D eigenvalue weighted by Gasteiger charge is -2.31. The van der Waals surface area contributed by atoms with E-state index in [9.17, 15) is 4.39 Å². The van der Waals surface area contributed by atoms with Crippen LogP contribution in [-0.2, 0) is 13.0 Å². The van der Waals surface area contributed by atoms with Crippen molar-refractivity contribution in [2.45, 2.75) is 44.6 Å². The number of hydrogen-bond acceptors (Lipinski definition) is 4. The standard InChI is InChI=1S/C18H22FN3O/c19-16-3-1-2-14(11-16)10-13-6-8-22(9-7-13)12-17-20-18(21-23-17)15-4-5-15/h1-3,11,13,15H,4-10,12H2. The number of piperidine rings is 1. The number of rotatable bonds is 5. The summed E-state index contributed by atoms with van der Waals surface area (Å²) < 4.78 is 18.6. The number of likely N-dealkylation sites (tertiary alicyclic amines) is 1. The Morgan fingerprint density at radius 3 is 2.74 bits per heavy atom. The third kappa shape index (κ3) is 3.78. The highest BCUT2D eigenvalue weighted by Gasteiger charge is 2.29. The van der Waals surface area contributed by atoms with Crippen LogP contribution in [0.4, 0.5) is 4.39 Å². The van der Waals surface area contributed by atoms with Gasteiger partial charge < -0.3 is 4.52 Å². The van der Waals surface area contributed by atoms with E-state index in [-0.39, 0.29) is 5.82 Å². The maximum absolute atomic E-state index is 13.3. The Hall–Kier alpha value is -1.75. The van der Waals surface area contributed by atoms with Crippen molar-refractivity contribution in [1.82, 2.24) is 15.0 Å². The van der Waals surface area contributed by atoms with E-state index in [1.165, 1.54) is 18.9 Å². The van der Waals surface area contributed by atoms with Crippen LogP contribution in [0, 0.1) is 11.7 Å². The first-order valence-corrected chi connectivity index (χ1v) is 8.55. The largest absolute Gasteiger partial charge is 0.338 e. The minimum Gasteiger partial charge on any atom is -0.338 e. The first kappa shape index (κ1) is 14.8. The second-order valence-corrected chi connectivity index (χ2v) is 6.87. The summed E-state index contributed by atoms with van der Waals surface area (Å²) in [5.74, 6) is 2.68. The Labute approximate surface area is 135 Å². The predicted molar refractivity (Wildman–Crippen MR) is 84.4 cm³/mol. The lowest BCUT2D eigenvalue weighted by atomic mass is 9.90. The molecule has 2 heterocycles. The number of nitrogens with zero attached hydrogens (tertiary/aromatic N) is 3. The van der Waals surface area contributed by atoms with Gasteiger partial charge in [-0.3, -0.25) is 4.90 Å². The van der Waals surface area contributed by atoms with Gasteiger partial charge in [0.15, 0.2) is 5.82 Å². The van der Waals surface area contributed by atoms with E-state index >= 15 is 0 Å². The molecule has 0 N–H and O–H groups in total. The van der Waals surface area contributed by atoms with Crippen LogP contribution in [0.15, 0.2) is 28.8 Å². The average molecular weight is 315 g/mol. The van der Waals surface area contributed by atoms with Crippen LogP contribution >= 0.6 is 0 Å². The number of aromatic nitrogens is 2.